The summed E-state index contributed by atoms with van der Waals surface area (Å²) < 4.78 is 0. The molecular weight excluding hydrogens is 90.1 g/mol. The van der Waals surface area contributed by atoms with Gasteiger partial charge in [-0.3, -0.25) is 5.32 Å². The van der Waals surface area contributed by atoms with E-state index in [1.54, 1.807) is 0 Å². The van der Waals surface area contributed by atoms with Crippen LogP contribution in [0.1, 0.15) is 0 Å². The molecular formula is C4H5N3. The Labute approximate surface area is 42.2 Å². The maximum Gasteiger partial charge on any atom is 0.0848 e. The molecule has 0 aromatic carbocycles. The molecule has 1 N–H and O–H groups in total. The van der Waals surface area contributed by atoms with Gasteiger partial charge in [0, 0.05) is 0 Å². The lowest BCUT2D eigenvalue weighted by Gasteiger charge is -1.82. The Hall–Kier alpha value is -1.06. The van der Waals surface area contributed by atoms with Gasteiger partial charge in [0.2, 0.25) is 0 Å². The molecule has 0 heterocycles. The summed E-state index contributed by atoms with van der Waals surface area (Å²) in [7, 11) is 0. The maximum absolute atomic E-state index is 7.87. The molecule has 0 fully saturated rings. The Morgan fingerprint density at radius 1 is 1.14 bits per heavy atom. The van der Waals surface area contributed by atoms with Crippen molar-refractivity contribution in [3.8, 4) is 12.1 Å². The van der Waals surface area contributed by atoms with Crippen molar-refractivity contribution in [2.24, 2.45) is 0 Å². The molecule has 0 aliphatic carbocycles. The van der Waals surface area contributed by atoms with E-state index >= 15 is 0 Å². The summed E-state index contributed by atoms with van der Waals surface area (Å²) in [4.78, 5) is 0. The fourth-order valence-corrected chi connectivity index (χ4v) is 0.174. The average Bonchev–Trinajstić information content (AvgIpc) is 1.69. The molecule has 0 aromatic rings. The quantitative estimate of drug-likeness (QED) is 0.376. The van der Waals surface area contributed by atoms with Gasteiger partial charge in [-0.1, -0.05) is 0 Å². The molecule has 0 radical (unpaired) electrons. The Morgan fingerprint density at radius 3 is 1.86 bits per heavy atom. The van der Waals surface area contributed by atoms with Crippen molar-refractivity contribution in [3.05, 3.63) is 0 Å². The highest BCUT2D eigenvalue weighted by molar-refractivity contribution is 4.79. The molecule has 0 saturated heterocycles. The molecule has 7 heavy (non-hydrogen) atoms. The third kappa shape index (κ3) is 4.94. The smallest absolute Gasteiger partial charge is 0.0848 e. The fourth-order valence-electron chi connectivity index (χ4n) is 0.174. The first-order chi connectivity index (χ1) is 3.41. The Balaban J connectivity index is 2.77. The van der Waals surface area contributed by atoms with Crippen LogP contribution in [-0.2, 0) is 0 Å². The van der Waals surface area contributed by atoms with E-state index in [-0.39, 0.29) is 13.1 Å². The number of nitriles is 2. The monoisotopic (exact) mass is 95.0 g/mol. The minimum atomic E-state index is 0.258. The van der Waals surface area contributed by atoms with E-state index in [9.17, 15) is 0 Å². The highest BCUT2D eigenvalue weighted by atomic mass is 14.8. The second-order valence-electron chi connectivity index (χ2n) is 0.920. The van der Waals surface area contributed by atoms with Gasteiger partial charge in [-0.05, 0) is 0 Å². The summed E-state index contributed by atoms with van der Waals surface area (Å²) in [5.41, 5.74) is 0. The van der Waals surface area contributed by atoms with Gasteiger partial charge in [0.15, 0.2) is 0 Å². The van der Waals surface area contributed by atoms with Crippen LogP contribution in [0.2, 0.25) is 0 Å². The van der Waals surface area contributed by atoms with Crippen molar-refractivity contribution < 1.29 is 0 Å². The van der Waals surface area contributed by atoms with Gasteiger partial charge in [0.1, 0.15) is 0 Å². The van der Waals surface area contributed by atoms with E-state index in [1.165, 1.54) is 0 Å². The largest absolute Gasteiger partial charge is 0.292 e. The van der Waals surface area contributed by atoms with Crippen LogP contribution >= 0.6 is 0 Å². The summed E-state index contributed by atoms with van der Waals surface area (Å²) in [6, 6.07) is 3.68. The molecule has 0 bridgehead atoms. The molecule has 0 amide bonds. The first-order valence-electron chi connectivity index (χ1n) is 1.86. The SMILES string of the molecule is N#CCNCC#N. The van der Waals surface area contributed by atoms with Crippen LogP contribution in [-0.4, -0.2) is 13.1 Å². The number of hydrogen-bond donors (Lipinski definition) is 1. The van der Waals surface area contributed by atoms with Crippen LogP contribution in [0.4, 0.5) is 0 Å². The van der Waals surface area contributed by atoms with E-state index < -0.39 is 0 Å². The van der Waals surface area contributed by atoms with Crippen LogP contribution in [0.5, 0.6) is 0 Å². The van der Waals surface area contributed by atoms with E-state index in [0.29, 0.717) is 0 Å². The van der Waals surface area contributed by atoms with Gasteiger partial charge >= 0.3 is 0 Å². The van der Waals surface area contributed by atoms with Crippen molar-refractivity contribution in [1.29, 1.82) is 10.5 Å². The zero-order valence-corrected chi connectivity index (χ0v) is 3.81. The van der Waals surface area contributed by atoms with Crippen molar-refractivity contribution in [2.75, 3.05) is 13.1 Å². The molecule has 0 unspecified atom stereocenters. The zero-order chi connectivity index (χ0) is 5.54. The first kappa shape index (κ1) is 5.94. The molecule has 36 valence electrons. The van der Waals surface area contributed by atoms with E-state index in [2.05, 4.69) is 5.32 Å². The molecule has 0 rings (SSSR count). The van der Waals surface area contributed by atoms with Crippen LogP contribution in [0.25, 0.3) is 0 Å². The lowest BCUT2D eigenvalue weighted by atomic mass is 10.6. The summed E-state index contributed by atoms with van der Waals surface area (Å²) in [6.45, 7) is 0.515. The molecule has 3 nitrogen and oxygen atoms in total. The molecule has 0 saturated carbocycles. The Morgan fingerprint density at radius 2 is 1.57 bits per heavy atom. The van der Waals surface area contributed by atoms with Crippen molar-refractivity contribution in [2.45, 2.75) is 0 Å². The molecule has 0 aromatic heterocycles. The summed E-state index contributed by atoms with van der Waals surface area (Å²) in [5.74, 6) is 0. The normalized spacial score (nSPS) is 6.57. The van der Waals surface area contributed by atoms with E-state index in [4.69, 9.17) is 10.5 Å². The van der Waals surface area contributed by atoms with Crippen LogP contribution in [0, 0.1) is 22.7 Å². The van der Waals surface area contributed by atoms with Gasteiger partial charge in [-0.25, -0.2) is 0 Å². The minimum Gasteiger partial charge on any atom is -0.292 e. The topological polar surface area (TPSA) is 59.6 Å². The number of nitrogens with zero attached hydrogens (tertiary/aromatic N) is 2. The molecule has 0 aliphatic heterocycles. The standard InChI is InChI=1S/C4H5N3/c5-1-3-7-4-2-6/h7H,3-4H2. The van der Waals surface area contributed by atoms with Crippen LogP contribution in [0.3, 0.4) is 0 Å². The van der Waals surface area contributed by atoms with Gasteiger partial charge in [0.25, 0.3) is 0 Å². The molecule has 3 heteroatoms. The summed E-state index contributed by atoms with van der Waals surface area (Å²) >= 11 is 0. The van der Waals surface area contributed by atoms with Gasteiger partial charge in [0.05, 0.1) is 25.2 Å². The van der Waals surface area contributed by atoms with Crippen LogP contribution in [0.15, 0.2) is 0 Å². The zero-order valence-electron chi connectivity index (χ0n) is 3.81. The van der Waals surface area contributed by atoms with Crippen LogP contribution < -0.4 is 5.32 Å². The minimum absolute atomic E-state index is 0.258. The highest BCUT2D eigenvalue weighted by Gasteiger charge is 1.74. The van der Waals surface area contributed by atoms with E-state index in [1.807, 2.05) is 12.1 Å². The van der Waals surface area contributed by atoms with Crippen molar-refractivity contribution in [3.63, 3.8) is 0 Å². The number of nitrogens with one attached hydrogen (secondary N) is 1. The highest BCUT2D eigenvalue weighted by Crippen LogP contribution is 1.50. The number of hydrogen-bond acceptors (Lipinski definition) is 3. The lowest BCUT2D eigenvalue weighted by molar-refractivity contribution is 0.857. The third-order valence-electron chi connectivity index (χ3n) is 0.408. The fraction of sp³-hybridized carbons (Fsp3) is 0.500. The first-order valence-corrected chi connectivity index (χ1v) is 1.86. The molecule has 0 spiro atoms. The predicted molar refractivity (Wildman–Crippen MR) is 24.1 cm³/mol. The average molecular weight is 95.1 g/mol. The number of rotatable bonds is 2. The lowest BCUT2D eigenvalue weighted by Crippen LogP contribution is -2.12. The third-order valence-corrected chi connectivity index (χ3v) is 0.408. The predicted octanol–water partition coefficient (Wildman–Crippen LogP) is -0.377. The van der Waals surface area contributed by atoms with Gasteiger partial charge in [-0.2, -0.15) is 10.5 Å². The van der Waals surface area contributed by atoms with Crippen molar-refractivity contribution in [1.82, 2.24) is 5.32 Å². The maximum atomic E-state index is 7.87. The van der Waals surface area contributed by atoms with Gasteiger partial charge < -0.3 is 0 Å². The second kappa shape index (κ2) is 4.94. The summed E-state index contributed by atoms with van der Waals surface area (Å²) in [5, 5.41) is 18.3. The Kier molecular flexibility index (Phi) is 4.19. The van der Waals surface area contributed by atoms with Crippen molar-refractivity contribution >= 4 is 0 Å². The molecule has 0 aliphatic rings. The molecule has 0 atom stereocenters. The van der Waals surface area contributed by atoms with Gasteiger partial charge in [-0.15, -0.1) is 0 Å². The second-order valence-corrected chi connectivity index (χ2v) is 0.920. The summed E-state index contributed by atoms with van der Waals surface area (Å²) in [6.07, 6.45) is 0. The van der Waals surface area contributed by atoms with E-state index in [0.717, 1.165) is 0 Å². The Bertz CT molecular complexity index is 91.1.